The topological polar surface area (TPSA) is 66.0 Å². The van der Waals surface area contributed by atoms with Crippen molar-refractivity contribution < 1.29 is 31.9 Å². The van der Waals surface area contributed by atoms with Crippen molar-refractivity contribution in [2.45, 2.75) is 63.8 Å². The number of para-hydroxylation sites is 3. The van der Waals surface area contributed by atoms with Crippen LogP contribution in [0.15, 0.2) is 48.5 Å². The fourth-order valence-electron chi connectivity index (χ4n) is 4.66. The van der Waals surface area contributed by atoms with Crippen LogP contribution in [0.3, 0.4) is 0 Å². The molecule has 1 aliphatic heterocycles. The molecule has 2 aromatic carbocycles. The largest absolute Gasteiger partial charge is 1.00 e. The van der Waals surface area contributed by atoms with E-state index in [1.165, 1.54) is 32.1 Å². The Morgan fingerprint density at radius 1 is 0.935 bits per heavy atom. The molecular weight excluding hydrogens is 454 g/mol. The Labute approximate surface area is 195 Å². The van der Waals surface area contributed by atoms with Crippen LogP contribution in [0, 0.1) is 0 Å². The fraction of sp³-hybridized carbons (Fsp3) is 0.440. The highest BCUT2D eigenvalue weighted by molar-refractivity contribution is 6.17. The number of nitrogens with one attached hydrogen (secondary N) is 1. The third kappa shape index (κ3) is 5.74. The van der Waals surface area contributed by atoms with Gasteiger partial charge in [-0.25, -0.2) is 0 Å². The molecule has 5 nitrogen and oxygen atoms in total. The summed E-state index contributed by atoms with van der Waals surface area (Å²) >= 11 is 0. The second-order valence-corrected chi connectivity index (χ2v) is 8.45. The molecule has 1 aliphatic carbocycles. The molecule has 2 aromatic rings. The molecule has 0 atom stereocenters. The van der Waals surface area contributed by atoms with E-state index in [9.17, 15) is 9.59 Å². The number of unbranched alkanes of at least 4 members (excludes halogenated alkanes) is 2. The molecule has 0 spiro atoms. The van der Waals surface area contributed by atoms with E-state index in [4.69, 9.17) is 0 Å². The van der Waals surface area contributed by atoms with Crippen LogP contribution < -0.4 is 32.5 Å². The van der Waals surface area contributed by atoms with Crippen molar-refractivity contribution in [2.75, 3.05) is 16.8 Å². The average Bonchev–Trinajstić information content (AvgIpc) is 2.90. The van der Waals surface area contributed by atoms with E-state index < -0.39 is 0 Å². The van der Waals surface area contributed by atoms with E-state index >= 15 is 0 Å². The van der Waals surface area contributed by atoms with Crippen molar-refractivity contribution in [1.82, 2.24) is 0 Å². The summed E-state index contributed by atoms with van der Waals surface area (Å²) in [5.74, 6) is -0.130. The lowest BCUT2D eigenvalue weighted by Crippen LogP contribution is -3.00. The molecule has 1 saturated carbocycles. The highest BCUT2D eigenvalue weighted by Crippen LogP contribution is 2.38. The molecule has 31 heavy (non-hydrogen) atoms. The first kappa shape index (κ1) is 23.5. The minimum absolute atomic E-state index is 0. The van der Waals surface area contributed by atoms with Gasteiger partial charge < -0.3 is 27.6 Å². The molecule has 4 rings (SSSR count). The SMILES string of the molecule is O=C1Nc2ccccc2N(C(=O)CCCCC[NH2+]C2CCCCC2)c2ccccc21.[Br-]. The van der Waals surface area contributed by atoms with Gasteiger partial charge in [-0.2, -0.15) is 0 Å². The average molecular weight is 486 g/mol. The maximum atomic E-state index is 13.2. The molecule has 0 aromatic heterocycles. The quantitative estimate of drug-likeness (QED) is 0.581. The molecule has 0 bridgehead atoms. The number of carbonyl (C=O) groups excluding carboxylic acids is 2. The lowest BCUT2D eigenvalue weighted by molar-refractivity contribution is -0.692. The summed E-state index contributed by atoms with van der Waals surface area (Å²) in [6.45, 7) is 1.16. The minimum atomic E-state index is -0.174. The Morgan fingerprint density at radius 2 is 1.65 bits per heavy atom. The van der Waals surface area contributed by atoms with Gasteiger partial charge >= 0.3 is 0 Å². The van der Waals surface area contributed by atoms with Crippen molar-refractivity contribution >= 4 is 28.9 Å². The Morgan fingerprint density at radius 3 is 2.45 bits per heavy atom. The second-order valence-electron chi connectivity index (χ2n) is 8.45. The second kappa shape index (κ2) is 11.4. The third-order valence-corrected chi connectivity index (χ3v) is 6.28. The van der Waals surface area contributed by atoms with Crippen molar-refractivity contribution in [3.8, 4) is 0 Å². The molecule has 166 valence electrons. The summed E-state index contributed by atoms with van der Waals surface area (Å²) in [4.78, 5) is 27.6. The summed E-state index contributed by atoms with van der Waals surface area (Å²) in [6.07, 6.45) is 10.5. The molecule has 0 unspecified atom stereocenters. The number of amides is 2. The van der Waals surface area contributed by atoms with Gasteiger partial charge in [0.25, 0.3) is 5.91 Å². The van der Waals surface area contributed by atoms with E-state index in [1.807, 2.05) is 42.5 Å². The Balaban J connectivity index is 0.00000272. The number of nitrogens with zero attached hydrogens (tertiary/aromatic N) is 1. The van der Waals surface area contributed by atoms with Gasteiger partial charge in [-0.15, -0.1) is 0 Å². The molecule has 3 N–H and O–H groups in total. The van der Waals surface area contributed by atoms with Gasteiger partial charge in [0.05, 0.1) is 35.2 Å². The van der Waals surface area contributed by atoms with Crippen LogP contribution in [0.1, 0.15) is 68.1 Å². The molecule has 2 aliphatic rings. The molecule has 1 fully saturated rings. The molecule has 1 heterocycles. The monoisotopic (exact) mass is 485 g/mol. The van der Waals surface area contributed by atoms with Gasteiger partial charge in [0, 0.05) is 6.42 Å². The van der Waals surface area contributed by atoms with Crippen LogP contribution in [-0.4, -0.2) is 24.4 Å². The van der Waals surface area contributed by atoms with Crippen LogP contribution in [0.25, 0.3) is 0 Å². The number of halogens is 1. The fourth-order valence-corrected chi connectivity index (χ4v) is 4.66. The van der Waals surface area contributed by atoms with Gasteiger partial charge in [-0.1, -0.05) is 30.7 Å². The molecule has 2 amide bonds. The van der Waals surface area contributed by atoms with Gasteiger partial charge in [-0.05, 0) is 69.2 Å². The summed E-state index contributed by atoms with van der Waals surface area (Å²) in [7, 11) is 0. The van der Waals surface area contributed by atoms with Gasteiger partial charge in [-0.3, -0.25) is 14.5 Å². The smallest absolute Gasteiger partial charge is 0.257 e. The van der Waals surface area contributed by atoms with E-state index in [2.05, 4.69) is 10.6 Å². The number of benzene rings is 2. The first-order valence-electron chi connectivity index (χ1n) is 11.4. The standard InChI is InChI=1S/C25H31N3O2.BrH/c29-24(17-5-2-10-18-26-19-11-3-1-4-12-19)28-22-15-8-6-13-20(22)25(30)27-21-14-7-9-16-23(21)28;/h6-9,13-16,19,26H,1-5,10-12,17-18H2,(H,27,30);1H. The van der Waals surface area contributed by atoms with E-state index in [0.717, 1.165) is 37.5 Å². The summed E-state index contributed by atoms with van der Waals surface area (Å²) in [5.41, 5.74) is 2.61. The minimum Gasteiger partial charge on any atom is -1.00 e. The number of carbonyl (C=O) groups is 2. The van der Waals surface area contributed by atoms with Crippen molar-refractivity contribution in [3.05, 3.63) is 54.1 Å². The third-order valence-electron chi connectivity index (χ3n) is 6.28. The normalized spacial score (nSPS) is 15.9. The molecule has 0 saturated heterocycles. The van der Waals surface area contributed by atoms with Crippen LogP contribution in [0.4, 0.5) is 17.1 Å². The molecular formula is C25H32BrN3O2. The van der Waals surface area contributed by atoms with Crippen LogP contribution in [0.2, 0.25) is 0 Å². The summed E-state index contributed by atoms with van der Waals surface area (Å²) in [6, 6.07) is 15.7. The highest BCUT2D eigenvalue weighted by Gasteiger charge is 2.28. The Hall–Kier alpha value is -2.18. The number of rotatable bonds is 7. The number of hydrogen-bond acceptors (Lipinski definition) is 2. The number of nitrogens with two attached hydrogens (primary N) is 1. The van der Waals surface area contributed by atoms with Crippen molar-refractivity contribution in [2.24, 2.45) is 0 Å². The van der Waals surface area contributed by atoms with Crippen molar-refractivity contribution in [3.63, 3.8) is 0 Å². The predicted molar refractivity (Wildman–Crippen MR) is 120 cm³/mol. The Bertz CT molecular complexity index is 896. The first-order valence-corrected chi connectivity index (χ1v) is 11.4. The van der Waals surface area contributed by atoms with Crippen LogP contribution >= 0.6 is 0 Å². The number of anilines is 3. The highest BCUT2D eigenvalue weighted by atomic mass is 79.9. The lowest BCUT2D eigenvalue weighted by Gasteiger charge is -2.24. The molecule has 0 radical (unpaired) electrons. The summed E-state index contributed by atoms with van der Waals surface area (Å²) < 4.78 is 0. The van der Waals surface area contributed by atoms with E-state index in [-0.39, 0.29) is 28.8 Å². The maximum absolute atomic E-state index is 13.2. The lowest BCUT2D eigenvalue weighted by atomic mass is 9.95. The zero-order valence-electron chi connectivity index (χ0n) is 18.0. The maximum Gasteiger partial charge on any atom is 0.257 e. The van der Waals surface area contributed by atoms with E-state index in [0.29, 0.717) is 23.4 Å². The number of hydrogen-bond donors (Lipinski definition) is 2. The van der Waals surface area contributed by atoms with Gasteiger partial charge in [0.1, 0.15) is 0 Å². The van der Waals surface area contributed by atoms with Gasteiger partial charge in [0.2, 0.25) is 5.91 Å². The zero-order valence-corrected chi connectivity index (χ0v) is 19.6. The van der Waals surface area contributed by atoms with Crippen LogP contribution in [0.5, 0.6) is 0 Å². The summed E-state index contributed by atoms with van der Waals surface area (Å²) in [5, 5.41) is 5.46. The van der Waals surface area contributed by atoms with E-state index in [1.54, 1.807) is 11.0 Å². The van der Waals surface area contributed by atoms with Crippen LogP contribution in [-0.2, 0) is 4.79 Å². The first-order chi connectivity index (χ1) is 14.7. The molecule has 6 heteroatoms. The number of quaternary nitrogens is 1. The van der Waals surface area contributed by atoms with Gasteiger partial charge in [0.15, 0.2) is 0 Å². The number of fused-ring (bicyclic) bond motifs is 2. The predicted octanol–water partition coefficient (Wildman–Crippen LogP) is 1.38. The zero-order chi connectivity index (χ0) is 20.8. The van der Waals surface area contributed by atoms with Crippen molar-refractivity contribution in [1.29, 1.82) is 0 Å². The Kier molecular flexibility index (Phi) is 8.67.